The van der Waals surface area contributed by atoms with Gasteiger partial charge < -0.3 is 15.3 Å². The lowest BCUT2D eigenvalue weighted by atomic mass is 9.93. The molecule has 31 heavy (non-hydrogen) atoms. The Labute approximate surface area is 177 Å². The van der Waals surface area contributed by atoms with Gasteiger partial charge in [-0.2, -0.15) is 13.9 Å². The molecule has 2 N–H and O–H groups in total. The third kappa shape index (κ3) is 3.85. The zero-order valence-corrected chi connectivity index (χ0v) is 17.0. The highest BCUT2D eigenvalue weighted by atomic mass is 19.3. The van der Waals surface area contributed by atoms with E-state index in [0.29, 0.717) is 24.1 Å². The quantitative estimate of drug-likeness (QED) is 0.698. The van der Waals surface area contributed by atoms with E-state index in [0.717, 1.165) is 6.07 Å². The van der Waals surface area contributed by atoms with E-state index in [1.54, 1.807) is 6.92 Å². The molecule has 2 amide bonds. The maximum absolute atomic E-state index is 15.0. The van der Waals surface area contributed by atoms with E-state index in [-0.39, 0.29) is 43.1 Å². The fourth-order valence-electron chi connectivity index (χ4n) is 4.16. The number of carbonyl (C=O) groups is 1. The smallest absolute Gasteiger partial charge is 0.322 e. The zero-order chi connectivity index (χ0) is 22.4. The van der Waals surface area contributed by atoms with Gasteiger partial charge in [0.2, 0.25) is 5.69 Å². The maximum atomic E-state index is 15.0. The highest BCUT2D eigenvalue weighted by molar-refractivity contribution is 5.90. The number of hydrogen-bond acceptors (Lipinski definition) is 3. The van der Waals surface area contributed by atoms with Crippen molar-refractivity contribution in [1.29, 1.82) is 0 Å². The van der Waals surface area contributed by atoms with Crippen LogP contribution < -0.4 is 5.32 Å². The van der Waals surface area contributed by atoms with Crippen LogP contribution in [0.15, 0.2) is 18.2 Å². The van der Waals surface area contributed by atoms with Gasteiger partial charge in [0.05, 0.1) is 31.0 Å². The number of benzene rings is 1. The number of halogens is 3. The number of rotatable bonds is 2. The Bertz CT molecular complexity index is 1080. The molecule has 1 aromatic heterocycles. The van der Waals surface area contributed by atoms with Gasteiger partial charge in [-0.15, -0.1) is 0 Å². The summed E-state index contributed by atoms with van der Waals surface area (Å²) >= 11 is 0. The molecule has 4 rings (SSSR count). The summed E-state index contributed by atoms with van der Waals surface area (Å²) in [6.45, 7) is 8.94. The van der Waals surface area contributed by atoms with Crippen LogP contribution in [0.5, 0.6) is 0 Å². The summed E-state index contributed by atoms with van der Waals surface area (Å²) in [5, 5.41) is 17.6. The van der Waals surface area contributed by atoms with Gasteiger partial charge in [0, 0.05) is 30.6 Å². The van der Waals surface area contributed by atoms with Crippen LogP contribution in [-0.4, -0.2) is 38.0 Å². The van der Waals surface area contributed by atoms with Crippen molar-refractivity contribution in [1.82, 2.24) is 14.7 Å². The number of fused-ring (bicyclic) bond motifs is 3. The summed E-state index contributed by atoms with van der Waals surface area (Å²) in [6, 6.07) is 3.12. The number of amides is 2. The fraction of sp³-hybridized carbons (Fsp3) is 0.476. The summed E-state index contributed by atoms with van der Waals surface area (Å²) in [5.41, 5.74) is -0.631. The Morgan fingerprint density at radius 3 is 2.87 bits per heavy atom. The van der Waals surface area contributed by atoms with Crippen molar-refractivity contribution < 1.29 is 23.1 Å². The molecular formula is C21H22F3N5O2. The SMILES string of the molecule is [C-]#[N+]c1cc(NC(=O)N2CCc3nn4c(c3C2)C(F)(F)CC[C@](O)(CC)C4)ccc1F. The van der Waals surface area contributed by atoms with Crippen molar-refractivity contribution in [2.24, 2.45) is 0 Å². The van der Waals surface area contributed by atoms with Crippen molar-refractivity contribution in [3.8, 4) is 0 Å². The average Bonchev–Trinajstić information content (AvgIpc) is 3.06. The molecule has 0 fully saturated rings. The molecule has 0 saturated heterocycles. The van der Waals surface area contributed by atoms with Gasteiger partial charge in [-0.05, 0) is 31.0 Å². The Kier molecular flexibility index (Phi) is 5.17. The molecule has 0 spiro atoms. The molecule has 2 aliphatic heterocycles. The van der Waals surface area contributed by atoms with E-state index >= 15 is 0 Å². The lowest BCUT2D eigenvalue weighted by Crippen LogP contribution is -2.39. The minimum Gasteiger partial charge on any atom is -0.388 e. The number of aliphatic hydroxyl groups is 1. The molecule has 3 heterocycles. The number of aromatic nitrogens is 2. The van der Waals surface area contributed by atoms with Crippen molar-refractivity contribution in [2.75, 3.05) is 11.9 Å². The Hall–Kier alpha value is -3.06. The molecule has 1 aromatic carbocycles. The predicted octanol–water partition coefficient (Wildman–Crippen LogP) is 4.19. The van der Waals surface area contributed by atoms with Crippen LogP contribution in [0.3, 0.4) is 0 Å². The largest absolute Gasteiger partial charge is 0.388 e. The van der Waals surface area contributed by atoms with E-state index in [4.69, 9.17) is 6.57 Å². The van der Waals surface area contributed by atoms with Crippen molar-refractivity contribution >= 4 is 17.4 Å². The molecule has 7 nitrogen and oxygen atoms in total. The van der Waals surface area contributed by atoms with Gasteiger partial charge in [0.1, 0.15) is 11.5 Å². The number of anilines is 1. The zero-order valence-electron chi connectivity index (χ0n) is 17.0. The molecule has 2 aliphatic rings. The highest BCUT2D eigenvalue weighted by Crippen LogP contribution is 2.43. The van der Waals surface area contributed by atoms with Crippen LogP contribution in [0.1, 0.15) is 43.1 Å². The van der Waals surface area contributed by atoms with Crippen LogP contribution in [-0.2, 0) is 25.4 Å². The lowest BCUT2D eigenvalue weighted by molar-refractivity contribution is -0.0416. The topological polar surface area (TPSA) is 74.8 Å². The molecule has 0 bridgehead atoms. The number of urea groups is 1. The monoisotopic (exact) mass is 433 g/mol. The normalized spacial score (nSPS) is 22.1. The van der Waals surface area contributed by atoms with E-state index in [2.05, 4.69) is 15.3 Å². The second-order valence-corrected chi connectivity index (χ2v) is 8.09. The summed E-state index contributed by atoms with van der Waals surface area (Å²) in [7, 11) is 0. The molecule has 0 saturated carbocycles. The third-order valence-electron chi connectivity index (χ3n) is 6.06. The van der Waals surface area contributed by atoms with Gasteiger partial charge in [-0.3, -0.25) is 4.68 Å². The van der Waals surface area contributed by atoms with Gasteiger partial charge in [-0.1, -0.05) is 6.92 Å². The highest BCUT2D eigenvalue weighted by Gasteiger charge is 2.46. The molecule has 0 unspecified atom stereocenters. The first-order chi connectivity index (χ1) is 14.7. The van der Waals surface area contributed by atoms with Crippen LogP contribution in [0, 0.1) is 12.4 Å². The minimum absolute atomic E-state index is 0.0113. The molecule has 0 aliphatic carbocycles. The van der Waals surface area contributed by atoms with E-state index < -0.39 is 29.8 Å². The Morgan fingerprint density at radius 1 is 1.39 bits per heavy atom. The number of hydrogen-bond donors (Lipinski definition) is 2. The summed E-state index contributed by atoms with van der Waals surface area (Å²) in [5.74, 6) is -3.85. The molecular weight excluding hydrogens is 411 g/mol. The van der Waals surface area contributed by atoms with Gasteiger partial charge in [-0.25, -0.2) is 14.0 Å². The molecule has 164 valence electrons. The van der Waals surface area contributed by atoms with E-state index in [1.165, 1.54) is 21.7 Å². The number of nitrogens with zero attached hydrogens (tertiary/aromatic N) is 4. The molecule has 1 atom stereocenters. The maximum Gasteiger partial charge on any atom is 0.322 e. The van der Waals surface area contributed by atoms with Crippen LogP contribution in [0.25, 0.3) is 4.85 Å². The average molecular weight is 433 g/mol. The predicted molar refractivity (Wildman–Crippen MR) is 106 cm³/mol. The van der Waals surface area contributed by atoms with E-state index in [1.807, 2.05) is 0 Å². The van der Waals surface area contributed by atoms with Crippen LogP contribution >= 0.6 is 0 Å². The van der Waals surface area contributed by atoms with Crippen LogP contribution in [0.4, 0.5) is 29.3 Å². The standard InChI is InChI=1S/C21H22F3N5O2/c1-3-20(31)7-8-21(23,24)18-14-11-28(9-6-16(14)27-29(18)12-20)19(30)26-13-4-5-15(22)17(10-13)25-2/h4-5,10,31H,3,6-9,11-12H2,1H3,(H,26,30)/t20-/m1/s1. The summed E-state index contributed by atoms with van der Waals surface area (Å²) in [6.07, 6.45) is 0.120. The van der Waals surface area contributed by atoms with Crippen LogP contribution in [0.2, 0.25) is 0 Å². The molecule has 2 aromatic rings. The Balaban J connectivity index is 1.59. The fourth-order valence-corrected chi connectivity index (χ4v) is 4.16. The number of alkyl halides is 2. The second kappa shape index (κ2) is 7.57. The lowest BCUT2D eigenvalue weighted by Gasteiger charge is -2.28. The van der Waals surface area contributed by atoms with E-state index in [9.17, 15) is 23.1 Å². The first kappa shape index (κ1) is 21.2. The van der Waals surface area contributed by atoms with Gasteiger partial charge >= 0.3 is 6.03 Å². The third-order valence-corrected chi connectivity index (χ3v) is 6.06. The Morgan fingerprint density at radius 2 is 2.16 bits per heavy atom. The van der Waals surface area contributed by atoms with Crippen molar-refractivity contribution in [2.45, 2.75) is 57.2 Å². The minimum atomic E-state index is -3.17. The molecule has 10 heteroatoms. The van der Waals surface area contributed by atoms with Crippen molar-refractivity contribution in [3.05, 3.63) is 52.4 Å². The number of carbonyl (C=O) groups excluding carboxylic acids is 1. The van der Waals surface area contributed by atoms with Gasteiger partial charge in [0.25, 0.3) is 5.92 Å². The van der Waals surface area contributed by atoms with Crippen molar-refractivity contribution in [3.63, 3.8) is 0 Å². The van der Waals surface area contributed by atoms with Gasteiger partial charge in [0.15, 0.2) is 0 Å². The first-order valence-corrected chi connectivity index (χ1v) is 10.1. The summed E-state index contributed by atoms with van der Waals surface area (Å²) in [4.78, 5) is 17.2. The summed E-state index contributed by atoms with van der Waals surface area (Å²) < 4.78 is 44.7. The first-order valence-electron chi connectivity index (χ1n) is 10.1. The number of nitrogens with one attached hydrogen (secondary N) is 1. The second-order valence-electron chi connectivity index (χ2n) is 8.09. The molecule has 0 radical (unpaired) electrons.